The molecule has 0 aliphatic carbocycles. The number of alkyl halides is 3. The molecule has 0 saturated heterocycles. The summed E-state index contributed by atoms with van der Waals surface area (Å²) in [5, 5.41) is 0.757. The molecule has 1 heterocycles. The Morgan fingerprint density at radius 1 is 1.28 bits per heavy atom. The second-order valence-electron chi connectivity index (χ2n) is 3.96. The zero-order valence-electron chi connectivity index (χ0n) is 9.21. The van der Waals surface area contributed by atoms with Crippen LogP contribution in [0, 0.1) is 0 Å². The number of nitrogens with zero attached hydrogens (tertiary/aromatic N) is 1. The van der Waals surface area contributed by atoms with E-state index in [2.05, 4.69) is 20.9 Å². The van der Waals surface area contributed by atoms with Crippen molar-refractivity contribution in [2.24, 2.45) is 5.73 Å². The van der Waals surface area contributed by atoms with E-state index in [1.807, 2.05) is 0 Å². The lowest BCUT2D eigenvalue weighted by atomic mass is 10.0. The van der Waals surface area contributed by atoms with E-state index < -0.39 is 18.6 Å². The summed E-state index contributed by atoms with van der Waals surface area (Å²) in [6.45, 7) is 0. The van der Waals surface area contributed by atoms with E-state index in [4.69, 9.17) is 5.73 Å². The first-order valence-corrected chi connectivity index (χ1v) is 6.03. The Labute approximate surface area is 110 Å². The Bertz CT molecular complexity index is 569. The maximum absolute atomic E-state index is 12.4. The van der Waals surface area contributed by atoms with Crippen LogP contribution in [0.3, 0.4) is 0 Å². The van der Waals surface area contributed by atoms with Crippen LogP contribution in [-0.4, -0.2) is 11.2 Å². The van der Waals surface area contributed by atoms with Gasteiger partial charge in [0, 0.05) is 22.1 Å². The fourth-order valence-corrected chi connectivity index (χ4v) is 2.27. The maximum Gasteiger partial charge on any atom is 0.390 e. The van der Waals surface area contributed by atoms with E-state index in [1.54, 1.807) is 30.5 Å². The number of fused-ring (bicyclic) bond motifs is 1. The molecule has 2 N–H and O–H groups in total. The fourth-order valence-electron chi connectivity index (χ4n) is 1.82. The van der Waals surface area contributed by atoms with Gasteiger partial charge in [-0.2, -0.15) is 13.2 Å². The summed E-state index contributed by atoms with van der Waals surface area (Å²) in [7, 11) is 0. The fraction of sp³-hybridized carbons (Fsp3) is 0.250. The lowest BCUT2D eigenvalue weighted by Gasteiger charge is -2.16. The molecule has 0 fully saturated rings. The van der Waals surface area contributed by atoms with Gasteiger partial charge in [-0.05, 0) is 17.7 Å². The van der Waals surface area contributed by atoms with Crippen LogP contribution in [0.5, 0.6) is 0 Å². The molecule has 0 aliphatic heterocycles. The largest absolute Gasteiger partial charge is 0.390 e. The minimum atomic E-state index is -4.28. The molecule has 96 valence electrons. The van der Waals surface area contributed by atoms with Crippen molar-refractivity contribution in [1.29, 1.82) is 0 Å². The standard InChI is InChI=1S/C12H10BrF3N2/c13-9-4-3-8(10(17)6-12(14,15)16)11-7(9)2-1-5-18-11/h1-5,10H,6,17H2/t10-/m1/s1. The zero-order chi connectivity index (χ0) is 13.3. The molecular weight excluding hydrogens is 309 g/mol. The van der Waals surface area contributed by atoms with E-state index in [0.29, 0.717) is 11.1 Å². The van der Waals surface area contributed by atoms with Gasteiger partial charge in [0.2, 0.25) is 0 Å². The summed E-state index contributed by atoms with van der Waals surface area (Å²) >= 11 is 3.34. The highest BCUT2D eigenvalue weighted by molar-refractivity contribution is 9.10. The van der Waals surface area contributed by atoms with Gasteiger partial charge in [-0.1, -0.05) is 28.1 Å². The van der Waals surface area contributed by atoms with Crippen LogP contribution >= 0.6 is 15.9 Å². The predicted octanol–water partition coefficient (Wildman–Crippen LogP) is 3.95. The molecule has 1 aromatic heterocycles. The Hall–Kier alpha value is -1.14. The van der Waals surface area contributed by atoms with Gasteiger partial charge in [0.05, 0.1) is 11.9 Å². The van der Waals surface area contributed by atoms with Crippen LogP contribution in [0.4, 0.5) is 13.2 Å². The molecule has 0 bridgehead atoms. The highest BCUT2D eigenvalue weighted by atomic mass is 79.9. The van der Waals surface area contributed by atoms with E-state index in [0.717, 1.165) is 9.86 Å². The minimum Gasteiger partial charge on any atom is -0.324 e. The molecule has 0 radical (unpaired) electrons. The summed E-state index contributed by atoms with van der Waals surface area (Å²) in [5.74, 6) is 0. The van der Waals surface area contributed by atoms with Gasteiger partial charge in [-0.15, -0.1) is 0 Å². The molecule has 2 nitrogen and oxygen atoms in total. The van der Waals surface area contributed by atoms with Gasteiger partial charge in [0.1, 0.15) is 0 Å². The van der Waals surface area contributed by atoms with E-state index in [9.17, 15) is 13.2 Å². The molecule has 0 spiro atoms. The number of hydrogen-bond acceptors (Lipinski definition) is 2. The zero-order valence-corrected chi connectivity index (χ0v) is 10.8. The van der Waals surface area contributed by atoms with Crippen LogP contribution < -0.4 is 5.73 Å². The van der Waals surface area contributed by atoms with Crippen molar-refractivity contribution in [3.05, 3.63) is 40.5 Å². The maximum atomic E-state index is 12.4. The molecule has 0 unspecified atom stereocenters. The van der Waals surface area contributed by atoms with Crippen molar-refractivity contribution >= 4 is 26.8 Å². The molecule has 1 atom stereocenters. The smallest absolute Gasteiger partial charge is 0.324 e. The monoisotopic (exact) mass is 318 g/mol. The van der Waals surface area contributed by atoms with Crippen LogP contribution in [-0.2, 0) is 0 Å². The molecule has 18 heavy (non-hydrogen) atoms. The van der Waals surface area contributed by atoms with Crippen LogP contribution in [0.2, 0.25) is 0 Å². The second kappa shape index (κ2) is 4.85. The van der Waals surface area contributed by atoms with Crippen LogP contribution in [0.15, 0.2) is 34.9 Å². The average Bonchev–Trinajstić information content (AvgIpc) is 2.27. The van der Waals surface area contributed by atoms with Gasteiger partial charge in [-0.25, -0.2) is 0 Å². The van der Waals surface area contributed by atoms with E-state index in [-0.39, 0.29) is 0 Å². The van der Waals surface area contributed by atoms with Crippen molar-refractivity contribution in [3.63, 3.8) is 0 Å². The number of pyridine rings is 1. The molecule has 1 aromatic carbocycles. The molecule has 0 saturated carbocycles. The Balaban J connectivity index is 2.49. The Kier molecular flexibility index (Phi) is 3.59. The van der Waals surface area contributed by atoms with Crippen LogP contribution in [0.25, 0.3) is 10.9 Å². The lowest BCUT2D eigenvalue weighted by molar-refractivity contribution is -0.138. The van der Waals surface area contributed by atoms with Crippen molar-refractivity contribution in [2.75, 3.05) is 0 Å². The van der Waals surface area contributed by atoms with Gasteiger partial charge in [0.25, 0.3) is 0 Å². The molecular formula is C12H10BrF3N2. The first kappa shape index (κ1) is 13.3. The first-order chi connectivity index (χ1) is 8.38. The van der Waals surface area contributed by atoms with Gasteiger partial charge in [-0.3, -0.25) is 4.98 Å². The first-order valence-electron chi connectivity index (χ1n) is 5.24. The SMILES string of the molecule is N[C@H](CC(F)(F)F)c1ccc(Br)c2cccnc12. The third kappa shape index (κ3) is 2.81. The van der Waals surface area contributed by atoms with Crippen molar-refractivity contribution < 1.29 is 13.2 Å². The quantitative estimate of drug-likeness (QED) is 0.910. The minimum absolute atomic E-state index is 0.408. The van der Waals surface area contributed by atoms with Gasteiger partial charge < -0.3 is 5.73 Å². The molecule has 6 heteroatoms. The van der Waals surface area contributed by atoms with Crippen molar-refractivity contribution in [2.45, 2.75) is 18.6 Å². The summed E-state index contributed by atoms with van der Waals surface area (Å²) in [5.41, 5.74) is 6.53. The van der Waals surface area contributed by atoms with E-state index >= 15 is 0 Å². The van der Waals surface area contributed by atoms with Crippen molar-refractivity contribution in [1.82, 2.24) is 4.98 Å². The summed E-state index contributed by atoms with van der Waals surface area (Å²) < 4.78 is 37.9. The average molecular weight is 319 g/mol. The number of rotatable bonds is 2. The highest BCUT2D eigenvalue weighted by Crippen LogP contribution is 2.33. The molecule has 2 rings (SSSR count). The molecule has 0 amide bonds. The highest BCUT2D eigenvalue weighted by Gasteiger charge is 2.31. The predicted molar refractivity (Wildman–Crippen MR) is 67.0 cm³/mol. The third-order valence-electron chi connectivity index (χ3n) is 2.60. The second-order valence-corrected chi connectivity index (χ2v) is 4.82. The van der Waals surface area contributed by atoms with Gasteiger partial charge in [0.15, 0.2) is 0 Å². The lowest BCUT2D eigenvalue weighted by Crippen LogP contribution is -2.20. The number of hydrogen-bond donors (Lipinski definition) is 1. The molecule has 0 aliphatic rings. The summed E-state index contributed by atoms with van der Waals surface area (Å²) in [4.78, 5) is 4.12. The number of aromatic nitrogens is 1. The Morgan fingerprint density at radius 3 is 2.67 bits per heavy atom. The summed E-state index contributed by atoms with van der Waals surface area (Å²) in [6.07, 6.45) is -3.80. The topological polar surface area (TPSA) is 38.9 Å². The number of nitrogens with two attached hydrogens (primary N) is 1. The number of halogens is 4. The Morgan fingerprint density at radius 2 is 2.00 bits per heavy atom. The van der Waals surface area contributed by atoms with Gasteiger partial charge >= 0.3 is 6.18 Å². The third-order valence-corrected chi connectivity index (χ3v) is 3.29. The van der Waals surface area contributed by atoms with Crippen molar-refractivity contribution in [3.8, 4) is 0 Å². The number of benzene rings is 1. The van der Waals surface area contributed by atoms with E-state index in [1.165, 1.54) is 0 Å². The normalized spacial score (nSPS) is 13.8. The van der Waals surface area contributed by atoms with Crippen LogP contribution in [0.1, 0.15) is 18.0 Å². The molecule has 2 aromatic rings. The summed E-state index contributed by atoms with van der Waals surface area (Å²) in [6, 6.07) is 5.68.